The van der Waals surface area contributed by atoms with Crippen LogP contribution in [-0.4, -0.2) is 10.2 Å². The van der Waals surface area contributed by atoms with Gasteiger partial charge in [-0.1, -0.05) is 63.9 Å². The zero-order valence-corrected chi connectivity index (χ0v) is 15.8. The van der Waals surface area contributed by atoms with Crippen molar-refractivity contribution in [2.24, 2.45) is 0 Å². The van der Waals surface area contributed by atoms with E-state index in [2.05, 4.69) is 48.1 Å². The van der Waals surface area contributed by atoms with E-state index in [0.717, 1.165) is 41.2 Å². The van der Waals surface area contributed by atoms with Gasteiger partial charge in [0.1, 0.15) is 0 Å². The Hall–Kier alpha value is -2.25. The molecule has 1 aromatic heterocycles. The molecule has 0 aliphatic carbocycles. The van der Waals surface area contributed by atoms with Crippen molar-refractivity contribution >= 4 is 17.4 Å². The number of halogens is 1. The lowest BCUT2D eigenvalue weighted by molar-refractivity contribution is 0.558. The first kappa shape index (κ1) is 17.6. The summed E-state index contributed by atoms with van der Waals surface area (Å²) in [5.41, 5.74) is 4.58. The second-order valence-electron chi connectivity index (χ2n) is 7.42. The van der Waals surface area contributed by atoms with E-state index in [1.165, 1.54) is 0 Å². The molecule has 25 heavy (non-hydrogen) atoms. The third kappa shape index (κ3) is 3.05. The third-order valence-electron chi connectivity index (χ3n) is 4.53. The van der Waals surface area contributed by atoms with Gasteiger partial charge in [-0.25, -0.2) is 4.85 Å². The summed E-state index contributed by atoms with van der Waals surface area (Å²) in [6.45, 7) is 16.4. The van der Waals surface area contributed by atoms with Gasteiger partial charge in [-0.15, -0.1) is 0 Å². The molecule has 2 N–H and O–H groups in total. The highest BCUT2D eigenvalue weighted by molar-refractivity contribution is 6.31. The predicted molar refractivity (Wildman–Crippen MR) is 103 cm³/mol. The number of rotatable bonds is 3. The van der Waals surface area contributed by atoms with Crippen LogP contribution in [0.15, 0.2) is 35.7 Å². The Bertz CT molecular complexity index is 865. The first-order valence-corrected chi connectivity index (χ1v) is 8.97. The Morgan fingerprint density at radius 2 is 2.00 bits per heavy atom. The second-order valence-corrected chi connectivity index (χ2v) is 7.82. The van der Waals surface area contributed by atoms with Gasteiger partial charge in [0.2, 0.25) is 0 Å². The molecule has 1 unspecified atom stereocenters. The van der Waals surface area contributed by atoms with Gasteiger partial charge in [0.15, 0.2) is 11.5 Å². The van der Waals surface area contributed by atoms with Gasteiger partial charge < -0.3 is 5.32 Å². The van der Waals surface area contributed by atoms with Crippen molar-refractivity contribution in [3.8, 4) is 0 Å². The number of aromatic nitrogens is 2. The molecule has 0 fully saturated rings. The number of benzene rings is 1. The summed E-state index contributed by atoms with van der Waals surface area (Å²) in [6.07, 6.45) is 1.78. The lowest BCUT2D eigenvalue weighted by atomic mass is 9.79. The molecule has 0 spiro atoms. The first-order valence-electron chi connectivity index (χ1n) is 8.59. The summed E-state index contributed by atoms with van der Waals surface area (Å²) >= 11 is 6.53. The van der Waals surface area contributed by atoms with Gasteiger partial charge in [0, 0.05) is 27.4 Å². The standard InChI is InChI=1S/C20H23ClN4/c1-6-9-14-17(22-5)15(12-10-7-8-11-13(12)21)16-18(20(2,3)4)24-25-19(16)23-14/h7-8,10-11,15H,6,9H2,1-4H3,(H2,23,24,25). The Morgan fingerprint density at radius 3 is 2.60 bits per heavy atom. The van der Waals surface area contributed by atoms with Crippen molar-refractivity contribution in [1.82, 2.24) is 10.2 Å². The van der Waals surface area contributed by atoms with Gasteiger partial charge in [-0.3, -0.25) is 5.10 Å². The van der Waals surface area contributed by atoms with Crippen LogP contribution in [-0.2, 0) is 5.41 Å². The maximum Gasteiger partial charge on any atom is 0.196 e. The van der Waals surface area contributed by atoms with E-state index >= 15 is 0 Å². The van der Waals surface area contributed by atoms with E-state index in [4.69, 9.17) is 18.2 Å². The zero-order chi connectivity index (χ0) is 18.2. The van der Waals surface area contributed by atoms with E-state index in [1.54, 1.807) is 0 Å². The van der Waals surface area contributed by atoms with Crippen LogP contribution in [0.3, 0.4) is 0 Å². The van der Waals surface area contributed by atoms with E-state index in [9.17, 15) is 0 Å². The Morgan fingerprint density at radius 1 is 1.28 bits per heavy atom. The summed E-state index contributed by atoms with van der Waals surface area (Å²) in [5.74, 6) is 0.614. The molecule has 0 bridgehead atoms. The van der Waals surface area contributed by atoms with Gasteiger partial charge in [-0.05, 0) is 18.1 Å². The largest absolute Gasteiger partial charge is 0.352 e. The fraction of sp³-hybridized carbons (Fsp3) is 0.400. The molecule has 0 saturated carbocycles. The average Bonchev–Trinajstić information content (AvgIpc) is 2.98. The van der Waals surface area contributed by atoms with Gasteiger partial charge >= 0.3 is 0 Å². The predicted octanol–water partition coefficient (Wildman–Crippen LogP) is 5.85. The van der Waals surface area contributed by atoms with Gasteiger partial charge in [-0.2, -0.15) is 5.10 Å². The molecular weight excluding hydrogens is 332 g/mol. The fourth-order valence-corrected chi connectivity index (χ4v) is 3.65. The summed E-state index contributed by atoms with van der Waals surface area (Å²) in [6, 6.07) is 7.79. The fourth-order valence-electron chi connectivity index (χ4n) is 3.40. The number of allylic oxidation sites excluding steroid dienone is 2. The van der Waals surface area contributed by atoms with Crippen LogP contribution in [0.5, 0.6) is 0 Å². The number of hydrogen-bond acceptors (Lipinski definition) is 2. The lowest BCUT2D eigenvalue weighted by Gasteiger charge is -2.30. The van der Waals surface area contributed by atoms with Crippen molar-refractivity contribution in [2.45, 2.75) is 51.9 Å². The van der Waals surface area contributed by atoms with Crippen molar-refractivity contribution < 1.29 is 0 Å². The number of nitrogens with zero attached hydrogens (tertiary/aromatic N) is 2. The monoisotopic (exact) mass is 354 g/mol. The average molecular weight is 355 g/mol. The summed E-state index contributed by atoms with van der Waals surface area (Å²) in [4.78, 5) is 3.91. The molecule has 1 aromatic carbocycles. The molecule has 0 amide bonds. The third-order valence-corrected chi connectivity index (χ3v) is 4.88. The summed E-state index contributed by atoms with van der Waals surface area (Å²) in [7, 11) is 0. The minimum Gasteiger partial charge on any atom is -0.352 e. The SMILES string of the molecule is [C-]#[N+]C1=C(CCC)Nc2n[nH]c(C(C)(C)C)c2C1c1ccccc1Cl. The van der Waals surface area contributed by atoms with Crippen molar-refractivity contribution in [3.05, 3.63) is 68.9 Å². The molecule has 130 valence electrons. The molecule has 1 aliphatic heterocycles. The van der Waals surface area contributed by atoms with Crippen LogP contribution >= 0.6 is 11.6 Å². The number of aromatic amines is 1. The number of nitrogens with one attached hydrogen (secondary N) is 2. The van der Waals surface area contributed by atoms with Crippen molar-refractivity contribution in [2.75, 3.05) is 5.32 Å². The topological polar surface area (TPSA) is 45.1 Å². The van der Waals surface area contributed by atoms with Crippen molar-refractivity contribution in [1.29, 1.82) is 0 Å². The molecule has 2 aromatic rings. The zero-order valence-electron chi connectivity index (χ0n) is 15.1. The number of anilines is 1. The molecule has 1 atom stereocenters. The lowest BCUT2D eigenvalue weighted by Crippen LogP contribution is -2.22. The van der Waals surface area contributed by atoms with Crippen LogP contribution in [0.1, 0.15) is 63.3 Å². The molecule has 0 radical (unpaired) electrons. The Balaban J connectivity index is 2.30. The number of hydrogen-bond donors (Lipinski definition) is 2. The van der Waals surface area contributed by atoms with E-state index in [-0.39, 0.29) is 11.3 Å². The quantitative estimate of drug-likeness (QED) is 0.679. The normalized spacial score (nSPS) is 17.0. The van der Waals surface area contributed by atoms with E-state index in [1.807, 2.05) is 24.3 Å². The van der Waals surface area contributed by atoms with E-state index in [0.29, 0.717) is 10.7 Å². The van der Waals surface area contributed by atoms with Gasteiger partial charge in [0.25, 0.3) is 0 Å². The highest BCUT2D eigenvalue weighted by Gasteiger charge is 2.37. The maximum absolute atomic E-state index is 7.83. The first-order chi connectivity index (χ1) is 11.9. The van der Waals surface area contributed by atoms with Crippen LogP contribution < -0.4 is 5.32 Å². The molecule has 0 saturated heterocycles. The van der Waals surface area contributed by atoms with Crippen LogP contribution in [0.4, 0.5) is 5.82 Å². The highest BCUT2D eigenvalue weighted by Crippen LogP contribution is 2.47. The van der Waals surface area contributed by atoms with Gasteiger partial charge in [0.05, 0.1) is 12.5 Å². The van der Waals surface area contributed by atoms with Crippen LogP contribution in [0, 0.1) is 6.57 Å². The van der Waals surface area contributed by atoms with Crippen LogP contribution in [0.25, 0.3) is 4.85 Å². The van der Waals surface area contributed by atoms with E-state index < -0.39 is 0 Å². The minimum atomic E-state index is -0.197. The molecule has 1 aliphatic rings. The number of H-pyrrole nitrogens is 1. The van der Waals surface area contributed by atoms with Crippen LogP contribution in [0.2, 0.25) is 5.02 Å². The van der Waals surface area contributed by atoms with Crippen molar-refractivity contribution in [3.63, 3.8) is 0 Å². The molecule has 3 rings (SSSR count). The Kier molecular flexibility index (Phi) is 4.62. The summed E-state index contributed by atoms with van der Waals surface area (Å²) in [5, 5.41) is 11.8. The summed E-state index contributed by atoms with van der Waals surface area (Å²) < 4.78 is 0. The molecule has 5 heteroatoms. The second kappa shape index (κ2) is 6.57. The number of fused-ring (bicyclic) bond motifs is 1. The highest BCUT2D eigenvalue weighted by atomic mass is 35.5. The maximum atomic E-state index is 7.83. The molecular formula is C20H23ClN4. The Labute approximate surface area is 154 Å². The smallest absolute Gasteiger partial charge is 0.196 e. The minimum absolute atomic E-state index is 0.114. The molecule has 4 nitrogen and oxygen atoms in total. The molecule has 2 heterocycles.